The second-order valence-electron chi connectivity index (χ2n) is 6.67. The van der Waals surface area contributed by atoms with Gasteiger partial charge in [0.1, 0.15) is 0 Å². The highest BCUT2D eigenvalue weighted by Gasteiger charge is 2.45. The lowest BCUT2D eigenvalue weighted by molar-refractivity contribution is -0.152. The Balaban J connectivity index is 2.76. The topological polar surface area (TPSA) is 113 Å². The van der Waals surface area contributed by atoms with Crippen LogP contribution >= 0.6 is 0 Å². The first-order valence-corrected chi connectivity index (χ1v) is 7.09. The number of hydrogen-bond acceptors (Lipinski definition) is 3. The molecule has 4 N–H and O–H groups in total. The molecule has 0 aromatic heterocycles. The number of carbonyl (C=O) groups excluding carboxylic acids is 2. The van der Waals surface area contributed by atoms with E-state index in [1.807, 2.05) is 0 Å². The summed E-state index contributed by atoms with van der Waals surface area (Å²) in [5, 5.41) is 12.1. The molecule has 0 aromatic carbocycles. The number of nitrogens with one attached hydrogen (secondary N) is 1. The summed E-state index contributed by atoms with van der Waals surface area (Å²) in [6.07, 6.45) is 1.38. The monoisotopic (exact) mass is 299 g/mol. The molecular weight excluding hydrogens is 274 g/mol. The number of piperidine rings is 1. The van der Waals surface area contributed by atoms with Crippen molar-refractivity contribution in [2.24, 2.45) is 17.1 Å². The Morgan fingerprint density at radius 1 is 1.24 bits per heavy atom. The summed E-state index contributed by atoms with van der Waals surface area (Å²) in [5.74, 6) is -1.56. The molecule has 1 unspecified atom stereocenters. The third kappa shape index (κ3) is 3.65. The number of carboxylic acid groups (broad SMARTS) is 1. The number of carbonyl (C=O) groups is 3. The van der Waals surface area contributed by atoms with Crippen molar-refractivity contribution >= 4 is 17.9 Å². The van der Waals surface area contributed by atoms with Crippen molar-refractivity contribution in [1.82, 2.24) is 10.2 Å². The summed E-state index contributed by atoms with van der Waals surface area (Å²) in [4.78, 5) is 36.4. The van der Waals surface area contributed by atoms with Gasteiger partial charge in [-0.15, -0.1) is 0 Å². The number of likely N-dealkylation sites (tertiary alicyclic amines) is 1. The molecular formula is C14H25N3O4. The first-order chi connectivity index (χ1) is 9.49. The van der Waals surface area contributed by atoms with Crippen molar-refractivity contribution in [2.45, 2.75) is 46.1 Å². The molecule has 1 atom stereocenters. The molecule has 120 valence electrons. The Labute approximate surface area is 124 Å². The zero-order valence-corrected chi connectivity index (χ0v) is 13.1. The van der Waals surface area contributed by atoms with E-state index < -0.39 is 23.0 Å². The van der Waals surface area contributed by atoms with Crippen molar-refractivity contribution in [3.63, 3.8) is 0 Å². The quantitative estimate of drug-likeness (QED) is 0.712. The van der Waals surface area contributed by atoms with Gasteiger partial charge in [0.25, 0.3) is 0 Å². The lowest BCUT2D eigenvalue weighted by Gasteiger charge is -2.40. The average Bonchev–Trinajstić information content (AvgIpc) is 2.37. The Bertz CT molecular complexity index is 446. The number of carboxylic acids is 1. The predicted molar refractivity (Wildman–Crippen MR) is 77.5 cm³/mol. The molecule has 0 bridgehead atoms. The van der Waals surface area contributed by atoms with Gasteiger partial charge in [0.15, 0.2) is 0 Å². The van der Waals surface area contributed by atoms with E-state index in [1.165, 1.54) is 4.90 Å². The highest BCUT2D eigenvalue weighted by molar-refractivity contribution is 5.83. The first kappa shape index (κ1) is 17.3. The molecule has 21 heavy (non-hydrogen) atoms. The molecule has 1 heterocycles. The van der Waals surface area contributed by atoms with Crippen LogP contribution in [-0.2, 0) is 9.59 Å². The van der Waals surface area contributed by atoms with Crippen LogP contribution in [0.3, 0.4) is 0 Å². The third-order valence-corrected chi connectivity index (χ3v) is 4.64. The fraction of sp³-hybridized carbons (Fsp3) is 0.786. The number of rotatable bonds is 4. The van der Waals surface area contributed by atoms with Crippen molar-refractivity contribution in [1.29, 1.82) is 0 Å². The summed E-state index contributed by atoms with van der Waals surface area (Å²) in [5.41, 5.74) is 3.22. The van der Waals surface area contributed by atoms with Crippen molar-refractivity contribution in [3.8, 4) is 0 Å². The van der Waals surface area contributed by atoms with Gasteiger partial charge in [-0.3, -0.25) is 9.59 Å². The molecule has 0 aliphatic carbocycles. The molecule has 0 spiro atoms. The van der Waals surface area contributed by atoms with E-state index >= 15 is 0 Å². The Morgan fingerprint density at radius 2 is 1.81 bits per heavy atom. The van der Waals surface area contributed by atoms with Gasteiger partial charge in [-0.2, -0.15) is 0 Å². The number of nitrogens with zero attached hydrogens (tertiary/aromatic N) is 1. The van der Waals surface area contributed by atoms with Crippen molar-refractivity contribution < 1.29 is 19.5 Å². The molecule has 0 saturated carbocycles. The van der Waals surface area contributed by atoms with E-state index in [1.54, 1.807) is 27.7 Å². The van der Waals surface area contributed by atoms with Gasteiger partial charge in [-0.1, -0.05) is 0 Å². The number of urea groups is 1. The second kappa shape index (κ2) is 5.91. The lowest BCUT2D eigenvalue weighted by atomic mass is 9.74. The van der Waals surface area contributed by atoms with Gasteiger partial charge in [0, 0.05) is 18.6 Å². The standard InChI is InChI=1S/C14H25N3O4/c1-13(2,11(19)20)14(3,4)16-10(18)9-6-5-7-17(8-9)12(15)21/h9H,5-8H2,1-4H3,(H2,15,21)(H,16,18)(H,19,20). The molecule has 0 aromatic rings. The minimum absolute atomic E-state index is 0.236. The van der Waals surface area contributed by atoms with Gasteiger partial charge in [0.05, 0.1) is 11.3 Å². The predicted octanol–water partition coefficient (Wildman–Crippen LogP) is 0.783. The summed E-state index contributed by atoms with van der Waals surface area (Å²) in [6, 6.07) is -0.530. The van der Waals surface area contributed by atoms with Gasteiger partial charge in [-0.25, -0.2) is 4.79 Å². The number of hydrogen-bond donors (Lipinski definition) is 3. The van der Waals surface area contributed by atoms with Crippen LogP contribution in [0.25, 0.3) is 0 Å². The minimum Gasteiger partial charge on any atom is -0.481 e. The molecule has 0 radical (unpaired) electrons. The molecule has 1 fully saturated rings. The average molecular weight is 299 g/mol. The summed E-state index contributed by atoms with van der Waals surface area (Å²) in [6.45, 7) is 7.37. The second-order valence-corrected chi connectivity index (χ2v) is 6.67. The van der Waals surface area contributed by atoms with E-state index in [0.29, 0.717) is 19.4 Å². The minimum atomic E-state index is -1.11. The largest absolute Gasteiger partial charge is 0.481 e. The van der Waals surface area contributed by atoms with Gasteiger partial charge < -0.3 is 21.1 Å². The van der Waals surface area contributed by atoms with Crippen molar-refractivity contribution in [3.05, 3.63) is 0 Å². The van der Waals surface area contributed by atoms with E-state index in [9.17, 15) is 19.5 Å². The molecule has 1 saturated heterocycles. The van der Waals surface area contributed by atoms with Gasteiger partial charge in [0.2, 0.25) is 5.91 Å². The van der Waals surface area contributed by atoms with Crippen LogP contribution < -0.4 is 11.1 Å². The highest BCUT2D eigenvalue weighted by Crippen LogP contribution is 2.31. The smallest absolute Gasteiger partial charge is 0.314 e. The summed E-state index contributed by atoms with van der Waals surface area (Å²) in [7, 11) is 0. The van der Waals surface area contributed by atoms with Crippen molar-refractivity contribution in [2.75, 3.05) is 13.1 Å². The van der Waals surface area contributed by atoms with E-state index in [-0.39, 0.29) is 18.4 Å². The number of nitrogens with two attached hydrogens (primary N) is 1. The number of aliphatic carboxylic acids is 1. The Kier molecular flexibility index (Phi) is 4.86. The molecule has 7 heteroatoms. The highest BCUT2D eigenvalue weighted by atomic mass is 16.4. The molecule has 7 nitrogen and oxygen atoms in total. The van der Waals surface area contributed by atoms with Crippen LogP contribution in [-0.4, -0.2) is 46.5 Å². The van der Waals surface area contributed by atoms with E-state index in [0.717, 1.165) is 0 Å². The van der Waals surface area contributed by atoms with Gasteiger partial charge >= 0.3 is 12.0 Å². The normalized spacial score (nSPS) is 20.0. The van der Waals surface area contributed by atoms with Crippen LogP contribution in [0, 0.1) is 11.3 Å². The van der Waals surface area contributed by atoms with Gasteiger partial charge in [-0.05, 0) is 40.5 Å². The summed E-state index contributed by atoms with van der Waals surface area (Å²) < 4.78 is 0. The fourth-order valence-electron chi connectivity index (χ4n) is 2.22. The Morgan fingerprint density at radius 3 is 2.29 bits per heavy atom. The van der Waals surface area contributed by atoms with Crippen LogP contribution in [0.5, 0.6) is 0 Å². The molecule has 3 amide bonds. The maximum Gasteiger partial charge on any atom is 0.314 e. The SMILES string of the molecule is CC(C)(NC(=O)C1CCCN(C(N)=O)C1)C(C)(C)C(=O)O. The van der Waals surface area contributed by atoms with Crippen LogP contribution in [0.1, 0.15) is 40.5 Å². The zero-order valence-electron chi connectivity index (χ0n) is 13.1. The summed E-state index contributed by atoms with van der Waals surface area (Å²) >= 11 is 0. The molecule has 1 aliphatic heterocycles. The van der Waals surface area contributed by atoms with E-state index in [4.69, 9.17) is 5.73 Å². The van der Waals surface area contributed by atoms with Crippen LogP contribution in [0.15, 0.2) is 0 Å². The number of amides is 3. The molecule has 1 aliphatic rings. The third-order valence-electron chi connectivity index (χ3n) is 4.64. The lowest BCUT2D eigenvalue weighted by Crippen LogP contribution is -2.59. The maximum absolute atomic E-state index is 12.4. The van der Waals surface area contributed by atoms with Crippen LogP contribution in [0.2, 0.25) is 0 Å². The van der Waals surface area contributed by atoms with E-state index in [2.05, 4.69) is 5.32 Å². The fourth-order valence-corrected chi connectivity index (χ4v) is 2.22. The first-order valence-electron chi connectivity index (χ1n) is 7.09. The maximum atomic E-state index is 12.4. The molecule has 1 rings (SSSR count). The zero-order chi connectivity index (χ0) is 16.4. The Hall–Kier alpha value is -1.79. The number of primary amides is 1. The van der Waals surface area contributed by atoms with Crippen LogP contribution in [0.4, 0.5) is 4.79 Å².